The van der Waals surface area contributed by atoms with E-state index in [9.17, 15) is 4.79 Å². The third-order valence-electron chi connectivity index (χ3n) is 3.12. The molecule has 1 aliphatic heterocycles. The maximum atomic E-state index is 11.8. The molecular formula is C12H12ClN3O. The Morgan fingerprint density at radius 3 is 3.06 bits per heavy atom. The lowest BCUT2D eigenvalue weighted by Gasteiger charge is -2.15. The zero-order valence-corrected chi connectivity index (χ0v) is 10.2. The lowest BCUT2D eigenvalue weighted by molar-refractivity contribution is -0.117. The minimum absolute atomic E-state index is 0.0800. The summed E-state index contributed by atoms with van der Waals surface area (Å²) in [6.07, 6.45) is 0.421. The van der Waals surface area contributed by atoms with Crippen molar-refractivity contribution in [1.82, 2.24) is 10.2 Å². The number of aromatic amines is 1. The highest BCUT2D eigenvalue weighted by molar-refractivity contribution is 6.24. The maximum Gasteiger partial charge on any atom is 0.228 e. The van der Waals surface area contributed by atoms with Gasteiger partial charge in [0, 0.05) is 29.7 Å². The quantitative estimate of drug-likeness (QED) is 0.788. The highest BCUT2D eigenvalue weighted by Gasteiger charge is 2.29. The van der Waals surface area contributed by atoms with Crippen LogP contribution in [0.1, 0.15) is 12.1 Å². The number of aryl methyl sites for hydroxylation is 1. The van der Waals surface area contributed by atoms with Gasteiger partial charge >= 0.3 is 0 Å². The summed E-state index contributed by atoms with van der Waals surface area (Å²) in [6, 6.07) is 5.82. The molecule has 1 unspecified atom stereocenters. The summed E-state index contributed by atoms with van der Waals surface area (Å²) in [5.74, 6) is 0.0884. The van der Waals surface area contributed by atoms with E-state index in [1.807, 2.05) is 25.1 Å². The van der Waals surface area contributed by atoms with Gasteiger partial charge in [0.15, 0.2) is 0 Å². The molecular weight excluding hydrogens is 238 g/mol. The van der Waals surface area contributed by atoms with Crippen molar-refractivity contribution < 1.29 is 4.79 Å². The number of rotatable bonds is 1. The van der Waals surface area contributed by atoms with Crippen molar-refractivity contribution in [1.29, 1.82) is 0 Å². The van der Waals surface area contributed by atoms with Crippen LogP contribution >= 0.6 is 11.6 Å². The van der Waals surface area contributed by atoms with Crippen LogP contribution < -0.4 is 4.90 Å². The van der Waals surface area contributed by atoms with Gasteiger partial charge in [-0.15, -0.1) is 11.6 Å². The van der Waals surface area contributed by atoms with E-state index in [2.05, 4.69) is 10.2 Å². The summed E-state index contributed by atoms with van der Waals surface area (Å²) in [5, 5.41) is 8.07. The molecule has 0 radical (unpaired) electrons. The number of alkyl halides is 1. The minimum atomic E-state index is -0.0800. The number of nitrogens with zero attached hydrogens (tertiary/aromatic N) is 2. The number of halogens is 1. The summed E-state index contributed by atoms with van der Waals surface area (Å²) in [7, 11) is 0. The van der Waals surface area contributed by atoms with Crippen LogP contribution in [0.4, 0.5) is 5.69 Å². The van der Waals surface area contributed by atoms with Gasteiger partial charge in [-0.2, -0.15) is 5.10 Å². The molecule has 0 saturated carbocycles. The first kappa shape index (κ1) is 10.6. The van der Waals surface area contributed by atoms with Crippen LogP contribution in [-0.4, -0.2) is 28.0 Å². The molecule has 1 N–H and O–H groups in total. The highest BCUT2D eigenvalue weighted by atomic mass is 35.5. The van der Waals surface area contributed by atoms with Crippen molar-refractivity contribution in [3.8, 4) is 0 Å². The Morgan fingerprint density at radius 1 is 1.53 bits per heavy atom. The number of carbonyl (C=O) groups excluding carboxylic acids is 1. The normalized spacial score (nSPS) is 20.5. The molecule has 1 saturated heterocycles. The minimum Gasteiger partial charge on any atom is -0.311 e. The lowest BCUT2D eigenvalue weighted by Crippen LogP contribution is -2.24. The Morgan fingerprint density at radius 2 is 2.35 bits per heavy atom. The first-order valence-corrected chi connectivity index (χ1v) is 5.98. The predicted octanol–water partition coefficient (Wildman–Crippen LogP) is 2.22. The van der Waals surface area contributed by atoms with Gasteiger partial charge in [0.1, 0.15) is 0 Å². The van der Waals surface area contributed by atoms with Crippen molar-refractivity contribution >= 4 is 34.1 Å². The largest absolute Gasteiger partial charge is 0.311 e. The summed E-state index contributed by atoms with van der Waals surface area (Å²) in [5.41, 5.74) is 2.83. The second-order valence-corrected chi connectivity index (χ2v) is 4.97. The number of hydrogen-bond acceptors (Lipinski definition) is 2. The number of carbonyl (C=O) groups is 1. The van der Waals surface area contributed by atoms with E-state index < -0.39 is 0 Å². The molecule has 1 fully saturated rings. The molecule has 0 aliphatic carbocycles. The molecule has 0 bridgehead atoms. The monoisotopic (exact) mass is 249 g/mol. The van der Waals surface area contributed by atoms with E-state index in [0.29, 0.717) is 13.0 Å². The SMILES string of the molecule is Cc1[nH]nc2ccc(N3CC(Cl)CC3=O)cc12. The standard InChI is InChI=1S/C12H12ClN3O/c1-7-10-5-9(2-3-11(10)15-14-7)16-6-8(13)4-12(16)17/h2-3,5,8H,4,6H2,1H3,(H,14,15). The topological polar surface area (TPSA) is 49.0 Å². The zero-order valence-electron chi connectivity index (χ0n) is 9.40. The molecule has 1 aliphatic rings. The Kier molecular flexibility index (Phi) is 2.33. The van der Waals surface area contributed by atoms with Gasteiger partial charge in [0.2, 0.25) is 5.91 Å². The molecule has 1 aromatic heterocycles. The van der Waals surface area contributed by atoms with E-state index in [1.54, 1.807) is 4.90 Å². The van der Waals surface area contributed by atoms with Gasteiger partial charge in [-0.3, -0.25) is 9.89 Å². The Balaban J connectivity index is 2.06. The fourth-order valence-corrected chi connectivity index (χ4v) is 2.48. The molecule has 1 aromatic carbocycles. The van der Waals surface area contributed by atoms with E-state index in [-0.39, 0.29) is 11.3 Å². The van der Waals surface area contributed by atoms with Crippen LogP contribution in [-0.2, 0) is 4.79 Å². The summed E-state index contributed by atoms with van der Waals surface area (Å²) in [6.45, 7) is 2.55. The van der Waals surface area contributed by atoms with Crippen molar-refractivity contribution in [2.75, 3.05) is 11.4 Å². The number of anilines is 1. The molecule has 1 atom stereocenters. The summed E-state index contributed by atoms with van der Waals surface area (Å²) < 4.78 is 0. The molecule has 0 spiro atoms. The second-order valence-electron chi connectivity index (χ2n) is 4.36. The van der Waals surface area contributed by atoms with Crippen molar-refractivity contribution in [3.05, 3.63) is 23.9 Å². The average molecular weight is 250 g/mol. The number of amides is 1. The van der Waals surface area contributed by atoms with Crippen molar-refractivity contribution in [2.45, 2.75) is 18.7 Å². The van der Waals surface area contributed by atoms with Crippen LogP contribution in [0.5, 0.6) is 0 Å². The molecule has 4 nitrogen and oxygen atoms in total. The second kappa shape index (κ2) is 3.74. The number of aromatic nitrogens is 2. The average Bonchev–Trinajstić information content (AvgIpc) is 2.83. The number of nitrogens with one attached hydrogen (secondary N) is 1. The molecule has 2 aromatic rings. The first-order chi connectivity index (χ1) is 8.15. The van der Waals surface area contributed by atoms with E-state index in [1.165, 1.54) is 0 Å². The summed E-state index contributed by atoms with van der Waals surface area (Å²) >= 11 is 6.00. The van der Waals surface area contributed by atoms with E-state index in [4.69, 9.17) is 11.6 Å². The van der Waals surface area contributed by atoms with Crippen LogP contribution in [0.15, 0.2) is 18.2 Å². The Labute approximate surface area is 104 Å². The number of benzene rings is 1. The van der Waals surface area contributed by atoms with Gasteiger partial charge in [0.25, 0.3) is 0 Å². The van der Waals surface area contributed by atoms with Gasteiger partial charge in [-0.25, -0.2) is 0 Å². The number of hydrogen-bond donors (Lipinski definition) is 1. The van der Waals surface area contributed by atoms with Crippen molar-refractivity contribution in [2.24, 2.45) is 0 Å². The summed E-state index contributed by atoms with van der Waals surface area (Å²) in [4.78, 5) is 13.5. The van der Waals surface area contributed by atoms with Crippen molar-refractivity contribution in [3.63, 3.8) is 0 Å². The van der Waals surface area contributed by atoms with Crippen LogP contribution in [0.25, 0.3) is 10.9 Å². The number of H-pyrrole nitrogens is 1. The fraction of sp³-hybridized carbons (Fsp3) is 0.333. The van der Waals surface area contributed by atoms with Crippen LogP contribution in [0, 0.1) is 6.92 Å². The van der Waals surface area contributed by atoms with Gasteiger partial charge in [-0.05, 0) is 25.1 Å². The third kappa shape index (κ3) is 1.69. The Hall–Kier alpha value is -1.55. The molecule has 1 amide bonds. The first-order valence-electron chi connectivity index (χ1n) is 5.54. The zero-order chi connectivity index (χ0) is 12.0. The smallest absolute Gasteiger partial charge is 0.228 e. The van der Waals surface area contributed by atoms with Gasteiger partial charge in [-0.1, -0.05) is 0 Å². The molecule has 17 heavy (non-hydrogen) atoms. The van der Waals surface area contributed by atoms with Crippen LogP contribution in [0.2, 0.25) is 0 Å². The maximum absolute atomic E-state index is 11.8. The van der Waals surface area contributed by atoms with Gasteiger partial charge < -0.3 is 4.90 Å². The van der Waals surface area contributed by atoms with Gasteiger partial charge in [0.05, 0.1) is 10.9 Å². The molecule has 5 heteroatoms. The predicted molar refractivity (Wildman–Crippen MR) is 67.4 cm³/mol. The highest BCUT2D eigenvalue weighted by Crippen LogP contribution is 2.27. The van der Waals surface area contributed by atoms with E-state index in [0.717, 1.165) is 22.3 Å². The van der Waals surface area contributed by atoms with E-state index >= 15 is 0 Å². The Bertz CT molecular complexity index is 592. The molecule has 3 rings (SSSR count). The fourth-order valence-electron chi connectivity index (χ4n) is 2.21. The third-order valence-corrected chi connectivity index (χ3v) is 3.41. The lowest BCUT2D eigenvalue weighted by atomic mass is 10.2. The van der Waals surface area contributed by atoms with Crippen LogP contribution in [0.3, 0.4) is 0 Å². The molecule has 88 valence electrons. The molecule has 2 heterocycles. The number of fused-ring (bicyclic) bond motifs is 1.